The van der Waals surface area contributed by atoms with Crippen LogP contribution in [0.3, 0.4) is 0 Å². The minimum Gasteiger partial charge on any atom is -0.359 e. The predicted octanol–water partition coefficient (Wildman–Crippen LogP) is 2.69. The second-order valence-electron chi connectivity index (χ2n) is 4.24. The zero-order chi connectivity index (χ0) is 13.9. The Bertz CT molecular complexity index is 829. The number of H-pyrrole nitrogens is 1. The molecule has 0 saturated carbocycles. The van der Waals surface area contributed by atoms with Gasteiger partial charge in [0.05, 0.1) is 11.2 Å². The van der Waals surface area contributed by atoms with E-state index >= 15 is 0 Å². The van der Waals surface area contributed by atoms with Gasteiger partial charge in [-0.1, -0.05) is 12.1 Å². The summed E-state index contributed by atoms with van der Waals surface area (Å²) in [4.78, 5) is 19.1. The summed E-state index contributed by atoms with van der Waals surface area (Å²) in [6.07, 6.45) is 3.27. The zero-order valence-corrected chi connectivity index (χ0v) is 10.4. The fraction of sp³-hybridized carbons (Fsp3) is 0. The predicted molar refractivity (Wildman–Crippen MR) is 75.2 cm³/mol. The molecule has 2 heterocycles. The monoisotopic (exact) mass is 262 g/mol. The van der Waals surface area contributed by atoms with Gasteiger partial charge in [-0.05, 0) is 24.3 Å². The second kappa shape index (κ2) is 4.86. The molecule has 3 rings (SSSR count). The van der Waals surface area contributed by atoms with Gasteiger partial charge >= 0.3 is 0 Å². The molecular weight excluding hydrogens is 252 g/mol. The van der Waals surface area contributed by atoms with E-state index in [-0.39, 0.29) is 11.6 Å². The molecule has 5 heteroatoms. The van der Waals surface area contributed by atoms with Crippen LogP contribution in [0, 0.1) is 11.3 Å². The quantitative estimate of drug-likeness (QED) is 0.745. The molecule has 96 valence electrons. The summed E-state index contributed by atoms with van der Waals surface area (Å²) >= 11 is 0. The number of para-hydroxylation sites is 1. The average Bonchev–Trinajstić information content (AvgIpc) is 2.97. The van der Waals surface area contributed by atoms with E-state index in [1.165, 1.54) is 12.3 Å². The van der Waals surface area contributed by atoms with Crippen molar-refractivity contribution in [2.75, 3.05) is 5.32 Å². The molecule has 0 aliphatic carbocycles. The van der Waals surface area contributed by atoms with Gasteiger partial charge in [0.25, 0.3) is 5.91 Å². The normalized spacial score (nSPS) is 10.2. The first kappa shape index (κ1) is 11.9. The molecule has 0 atom stereocenters. The second-order valence-corrected chi connectivity index (χ2v) is 4.24. The molecular formula is C15H10N4O. The molecule has 0 saturated heterocycles. The molecule has 5 nitrogen and oxygen atoms in total. The molecule has 0 radical (unpaired) electrons. The van der Waals surface area contributed by atoms with Crippen molar-refractivity contribution in [1.82, 2.24) is 9.97 Å². The number of nitrogens with one attached hydrogen (secondary N) is 2. The van der Waals surface area contributed by atoms with E-state index in [0.29, 0.717) is 11.3 Å². The number of amides is 1. The van der Waals surface area contributed by atoms with Crippen LogP contribution in [0.15, 0.2) is 48.8 Å². The minimum atomic E-state index is -0.272. The lowest BCUT2D eigenvalue weighted by atomic mass is 10.2. The van der Waals surface area contributed by atoms with Crippen molar-refractivity contribution in [2.24, 2.45) is 0 Å². The molecule has 2 N–H and O–H groups in total. The van der Waals surface area contributed by atoms with E-state index in [1.54, 1.807) is 6.07 Å². The van der Waals surface area contributed by atoms with Crippen LogP contribution in [0.2, 0.25) is 0 Å². The van der Waals surface area contributed by atoms with Gasteiger partial charge < -0.3 is 10.3 Å². The summed E-state index contributed by atoms with van der Waals surface area (Å²) < 4.78 is 0. The Kier molecular flexibility index (Phi) is 2.90. The van der Waals surface area contributed by atoms with E-state index in [1.807, 2.05) is 36.5 Å². The topological polar surface area (TPSA) is 81.6 Å². The number of hydrogen-bond acceptors (Lipinski definition) is 3. The van der Waals surface area contributed by atoms with Gasteiger partial charge in [0, 0.05) is 23.3 Å². The maximum atomic E-state index is 12.2. The molecule has 0 aliphatic rings. The SMILES string of the molecule is N#Cc1cc(C(=O)Nc2cccc3cc[nH]c23)ccn1. The number of fused-ring (bicyclic) bond motifs is 1. The lowest BCUT2D eigenvalue weighted by Gasteiger charge is -2.06. The molecule has 0 bridgehead atoms. The average molecular weight is 262 g/mol. The first-order valence-corrected chi connectivity index (χ1v) is 6.01. The number of carbonyl (C=O) groups excluding carboxylic acids is 1. The molecule has 0 fully saturated rings. The Morgan fingerprint density at radius 3 is 3.05 bits per heavy atom. The van der Waals surface area contributed by atoms with Crippen molar-refractivity contribution in [3.05, 3.63) is 60.0 Å². The van der Waals surface area contributed by atoms with E-state index in [0.717, 1.165) is 10.9 Å². The molecule has 0 spiro atoms. The van der Waals surface area contributed by atoms with Crippen molar-refractivity contribution in [1.29, 1.82) is 5.26 Å². The van der Waals surface area contributed by atoms with Crippen LogP contribution >= 0.6 is 0 Å². The van der Waals surface area contributed by atoms with E-state index in [2.05, 4.69) is 15.3 Å². The number of carbonyl (C=O) groups is 1. The van der Waals surface area contributed by atoms with Crippen molar-refractivity contribution < 1.29 is 4.79 Å². The van der Waals surface area contributed by atoms with Crippen LogP contribution in [0.4, 0.5) is 5.69 Å². The number of anilines is 1. The fourth-order valence-electron chi connectivity index (χ4n) is 2.02. The Morgan fingerprint density at radius 2 is 2.20 bits per heavy atom. The third-order valence-electron chi connectivity index (χ3n) is 2.97. The fourth-order valence-corrected chi connectivity index (χ4v) is 2.02. The van der Waals surface area contributed by atoms with Crippen LogP contribution in [0.1, 0.15) is 16.1 Å². The largest absolute Gasteiger partial charge is 0.359 e. The third-order valence-corrected chi connectivity index (χ3v) is 2.97. The lowest BCUT2D eigenvalue weighted by molar-refractivity contribution is 0.102. The van der Waals surface area contributed by atoms with Crippen molar-refractivity contribution in [2.45, 2.75) is 0 Å². The molecule has 0 unspecified atom stereocenters. The van der Waals surface area contributed by atoms with Gasteiger partial charge in [0.2, 0.25) is 0 Å². The molecule has 3 aromatic rings. The highest BCUT2D eigenvalue weighted by Crippen LogP contribution is 2.22. The number of aromatic amines is 1. The standard InChI is InChI=1S/C15H10N4O/c16-9-12-8-11(5-6-17-12)15(20)19-13-3-1-2-10-4-7-18-14(10)13/h1-8,18H,(H,19,20). The van der Waals surface area contributed by atoms with Crippen molar-refractivity contribution in [3.8, 4) is 6.07 Å². The van der Waals surface area contributed by atoms with Crippen LogP contribution in [-0.4, -0.2) is 15.9 Å². The lowest BCUT2D eigenvalue weighted by Crippen LogP contribution is -2.12. The first-order chi connectivity index (χ1) is 9.78. The number of nitriles is 1. The number of benzene rings is 1. The summed E-state index contributed by atoms with van der Waals surface area (Å²) in [5.74, 6) is -0.272. The third kappa shape index (κ3) is 2.10. The summed E-state index contributed by atoms with van der Waals surface area (Å²) in [6.45, 7) is 0. The Morgan fingerprint density at radius 1 is 1.30 bits per heavy atom. The van der Waals surface area contributed by atoms with Gasteiger partial charge in [-0.2, -0.15) is 5.26 Å². The maximum Gasteiger partial charge on any atom is 0.255 e. The van der Waals surface area contributed by atoms with Gasteiger partial charge in [0.15, 0.2) is 0 Å². The molecule has 2 aromatic heterocycles. The van der Waals surface area contributed by atoms with E-state index in [9.17, 15) is 4.79 Å². The van der Waals surface area contributed by atoms with Gasteiger partial charge in [-0.3, -0.25) is 4.79 Å². The number of rotatable bonds is 2. The number of nitrogens with zero attached hydrogens (tertiary/aromatic N) is 2. The van der Waals surface area contributed by atoms with Gasteiger partial charge in [-0.25, -0.2) is 4.98 Å². The van der Waals surface area contributed by atoms with Crippen LogP contribution < -0.4 is 5.32 Å². The van der Waals surface area contributed by atoms with Gasteiger partial charge in [-0.15, -0.1) is 0 Å². The Labute approximate surface area is 114 Å². The van der Waals surface area contributed by atoms with E-state index < -0.39 is 0 Å². The Balaban J connectivity index is 1.93. The van der Waals surface area contributed by atoms with Gasteiger partial charge in [0.1, 0.15) is 11.8 Å². The minimum absolute atomic E-state index is 0.218. The number of hydrogen-bond donors (Lipinski definition) is 2. The summed E-state index contributed by atoms with van der Waals surface area (Å²) in [6, 6.07) is 12.5. The van der Waals surface area contributed by atoms with Crippen molar-refractivity contribution in [3.63, 3.8) is 0 Å². The van der Waals surface area contributed by atoms with E-state index in [4.69, 9.17) is 5.26 Å². The Hall–Kier alpha value is -3.13. The van der Waals surface area contributed by atoms with Crippen LogP contribution in [0.25, 0.3) is 10.9 Å². The highest BCUT2D eigenvalue weighted by molar-refractivity contribution is 6.08. The van der Waals surface area contributed by atoms with Crippen LogP contribution in [-0.2, 0) is 0 Å². The number of pyridine rings is 1. The maximum absolute atomic E-state index is 12.2. The number of aromatic nitrogens is 2. The summed E-state index contributed by atoms with van der Waals surface area (Å²) in [7, 11) is 0. The van der Waals surface area contributed by atoms with Crippen LogP contribution in [0.5, 0.6) is 0 Å². The highest BCUT2D eigenvalue weighted by atomic mass is 16.1. The summed E-state index contributed by atoms with van der Waals surface area (Å²) in [5.41, 5.74) is 2.19. The van der Waals surface area contributed by atoms with Crippen molar-refractivity contribution >= 4 is 22.5 Å². The summed E-state index contributed by atoms with van der Waals surface area (Å²) in [5, 5.41) is 12.7. The smallest absolute Gasteiger partial charge is 0.255 e. The molecule has 0 aliphatic heterocycles. The zero-order valence-electron chi connectivity index (χ0n) is 10.4. The molecule has 1 amide bonds. The molecule has 20 heavy (non-hydrogen) atoms. The highest BCUT2D eigenvalue weighted by Gasteiger charge is 2.09. The molecule has 1 aromatic carbocycles. The first-order valence-electron chi connectivity index (χ1n) is 6.01.